The van der Waals surface area contributed by atoms with Crippen LogP contribution in [0.25, 0.3) is 11.1 Å². The molecule has 0 aromatic heterocycles. The summed E-state index contributed by atoms with van der Waals surface area (Å²) in [4.78, 5) is 17.0. The third kappa shape index (κ3) is 4.45. The Morgan fingerprint density at radius 2 is 1.63 bits per heavy atom. The molecule has 4 nitrogen and oxygen atoms in total. The SMILES string of the molecule is COC(=O)c1ccccc1-c1ccc(CN2CCN(C)C(c3ccccc3)C2)cc1. The van der Waals surface area contributed by atoms with Gasteiger partial charge in [0.1, 0.15) is 0 Å². The molecule has 1 fully saturated rings. The molecule has 0 aliphatic carbocycles. The van der Waals surface area contributed by atoms with Crippen LogP contribution in [0, 0.1) is 0 Å². The average Bonchev–Trinajstić information content (AvgIpc) is 2.81. The van der Waals surface area contributed by atoms with E-state index in [2.05, 4.69) is 71.4 Å². The third-order valence-electron chi connectivity index (χ3n) is 5.92. The monoisotopic (exact) mass is 400 g/mol. The lowest BCUT2D eigenvalue weighted by Crippen LogP contribution is -2.46. The van der Waals surface area contributed by atoms with Crippen LogP contribution >= 0.6 is 0 Å². The Hall–Kier alpha value is -2.95. The fourth-order valence-corrected chi connectivity index (χ4v) is 4.18. The summed E-state index contributed by atoms with van der Waals surface area (Å²) in [7, 11) is 3.63. The number of esters is 1. The van der Waals surface area contributed by atoms with Crippen LogP contribution in [0.3, 0.4) is 0 Å². The van der Waals surface area contributed by atoms with Crippen molar-refractivity contribution in [3.05, 3.63) is 95.6 Å². The predicted molar refractivity (Wildman–Crippen MR) is 120 cm³/mol. The lowest BCUT2D eigenvalue weighted by Gasteiger charge is -2.39. The van der Waals surface area contributed by atoms with Crippen molar-refractivity contribution in [1.82, 2.24) is 9.80 Å². The van der Waals surface area contributed by atoms with E-state index in [1.54, 1.807) is 0 Å². The lowest BCUT2D eigenvalue weighted by molar-refractivity contribution is 0.0601. The van der Waals surface area contributed by atoms with Crippen LogP contribution in [0.2, 0.25) is 0 Å². The number of rotatable bonds is 5. The molecule has 1 saturated heterocycles. The number of carbonyl (C=O) groups is 1. The van der Waals surface area contributed by atoms with Crippen LogP contribution in [-0.2, 0) is 11.3 Å². The molecule has 1 atom stereocenters. The van der Waals surface area contributed by atoms with Gasteiger partial charge in [0.25, 0.3) is 0 Å². The van der Waals surface area contributed by atoms with Crippen molar-refractivity contribution in [2.45, 2.75) is 12.6 Å². The minimum atomic E-state index is -0.306. The van der Waals surface area contributed by atoms with Crippen LogP contribution in [-0.4, -0.2) is 49.6 Å². The van der Waals surface area contributed by atoms with E-state index in [0.717, 1.165) is 37.3 Å². The smallest absolute Gasteiger partial charge is 0.338 e. The Labute approximate surface area is 178 Å². The molecule has 0 amide bonds. The molecular weight excluding hydrogens is 372 g/mol. The maximum atomic E-state index is 12.1. The average molecular weight is 401 g/mol. The molecule has 1 unspecified atom stereocenters. The molecule has 1 aliphatic heterocycles. The molecule has 0 saturated carbocycles. The topological polar surface area (TPSA) is 32.8 Å². The summed E-state index contributed by atoms with van der Waals surface area (Å²) in [6, 6.07) is 27.3. The molecule has 0 N–H and O–H groups in total. The molecular formula is C26H28N2O2. The van der Waals surface area contributed by atoms with Gasteiger partial charge in [0.15, 0.2) is 0 Å². The number of ether oxygens (including phenoxy) is 1. The minimum Gasteiger partial charge on any atom is -0.465 e. The second kappa shape index (κ2) is 9.24. The van der Waals surface area contributed by atoms with Gasteiger partial charge in [-0.2, -0.15) is 0 Å². The van der Waals surface area contributed by atoms with Gasteiger partial charge in [0, 0.05) is 32.2 Å². The molecule has 3 aromatic carbocycles. The number of nitrogens with zero attached hydrogens (tertiary/aromatic N) is 2. The first-order chi connectivity index (χ1) is 14.7. The first-order valence-electron chi connectivity index (χ1n) is 10.4. The van der Waals surface area contributed by atoms with Gasteiger partial charge in [-0.3, -0.25) is 9.80 Å². The van der Waals surface area contributed by atoms with E-state index in [1.165, 1.54) is 18.2 Å². The van der Waals surface area contributed by atoms with Crippen molar-refractivity contribution in [2.75, 3.05) is 33.8 Å². The molecule has 0 bridgehead atoms. The summed E-state index contributed by atoms with van der Waals surface area (Å²) in [6.07, 6.45) is 0. The first kappa shape index (κ1) is 20.3. The largest absolute Gasteiger partial charge is 0.465 e. The molecule has 4 heteroatoms. The van der Waals surface area contributed by atoms with E-state index in [1.807, 2.05) is 24.3 Å². The molecule has 30 heavy (non-hydrogen) atoms. The number of methoxy groups -OCH3 is 1. The molecule has 1 heterocycles. The van der Waals surface area contributed by atoms with Gasteiger partial charge in [-0.1, -0.05) is 72.8 Å². The number of piperazine rings is 1. The second-order valence-corrected chi connectivity index (χ2v) is 7.88. The highest BCUT2D eigenvalue weighted by molar-refractivity contribution is 5.97. The third-order valence-corrected chi connectivity index (χ3v) is 5.92. The van der Waals surface area contributed by atoms with Crippen molar-refractivity contribution in [3.63, 3.8) is 0 Å². The molecule has 4 rings (SSSR count). The van der Waals surface area contributed by atoms with Gasteiger partial charge in [-0.05, 0) is 35.4 Å². The highest BCUT2D eigenvalue weighted by Gasteiger charge is 2.25. The molecule has 0 radical (unpaired) electrons. The van der Waals surface area contributed by atoms with Gasteiger partial charge in [0.2, 0.25) is 0 Å². The highest BCUT2D eigenvalue weighted by Crippen LogP contribution is 2.27. The van der Waals surface area contributed by atoms with Crippen LogP contribution < -0.4 is 0 Å². The van der Waals surface area contributed by atoms with E-state index in [0.29, 0.717) is 11.6 Å². The summed E-state index contributed by atoms with van der Waals surface area (Å²) in [6.45, 7) is 4.07. The zero-order valence-corrected chi connectivity index (χ0v) is 17.6. The number of likely N-dealkylation sites (N-methyl/N-ethyl adjacent to an activating group) is 1. The summed E-state index contributed by atoms with van der Waals surface area (Å²) in [5.41, 5.74) is 5.18. The zero-order valence-electron chi connectivity index (χ0n) is 17.6. The van der Waals surface area contributed by atoms with Gasteiger partial charge >= 0.3 is 5.97 Å². The summed E-state index contributed by atoms with van der Waals surface area (Å²) in [5, 5.41) is 0. The Morgan fingerprint density at radius 3 is 2.37 bits per heavy atom. The van der Waals surface area contributed by atoms with Crippen molar-refractivity contribution >= 4 is 5.97 Å². The van der Waals surface area contributed by atoms with Crippen LogP contribution in [0.15, 0.2) is 78.9 Å². The van der Waals surface area contributed by atoms with E-state index in [9.17, 15) is 4.79 Å². The fraction of sp³-hybridized carbons (Fsp3) is 0.269. The van der Waals surface area contributed by atoms with Gasteiger partial charge in [-0.15, -0.1) is 0 Å². The predicted octanol–water partition coefficient (Wildman–Crippen LogP) is 4.63. The highest BCUT2D eigenvalue weighted by atomic mass is 16.5. The van der Waals surface area contributed by atoms with E-state index >= 15 is 0 Å². The van der Waals surface area contributed by atoms with Gasteiger partial charge in [-0.25, -0.2) is 4.79 Å². The van der Waals surface area contributed by atoms with E-state index < -0.39 is 0 Å². The number of hydrogen-bond acceptors (Lipinski definition) is 4. The molecule has 0 spiro atoms. The van der Waals surface area contributed by atoms with Crippen LogP contribution in [0.5, 0.6) is 0 Å². The van der Waals surface area contributed by atoms with E-state index in [-0.39, 0.29) is 5.97 Å². The maximum Gasteiger partial charge on any atom is 0.338 e. The van der Waals surface area contributed by atoms with Crippen molar-refractivity contribution in [3.8, 4) is 11.1 Å². The van der Waals surface area contributed by atoms with Crippen LogP contribution in [0.4, 0.5) is 0 Å². The normalized spacial score (nSPS) is 17.6. The molecule has 154 valence electrons. The maximum absolute atomic E-state index is 12.1. The van der Waals surface area contributed by atoms with Gasteiger partial charge in [0.05, 0.1) is 12.7 Å². The van der Waals surface area contributed by atoms with E-state index in [4.69, 9.17) is 4.74 Å². The lowest BCUT2D eigenvalue weighted by atomic mass is 9.98. The minimum absolute atomic E-state index is 0.306. The molecule has 1 aliphatic rings. The summed E-state index contributed by atoms with van der Waals surface area (Å²) < 4.78 is 4.93. The second-order valence-electron chi connectivity index (χ2n) is 7.88. The number of carbonyl (C=O) groups excluding carboxylic acids is 1. The Kier molecular flexibility index (Phi) is 6.26. The first-order valence-corrected chi connectivity index (χ1v) is 10.4. The zero-order chi connectivity index (χ0) is 20.9. The Bertz CT molecular complexity index is 985. The van der Waals surface area contributed by atoms with Gasteiger partial charge < -0.3 is 4.74 Å². The van der Waals surface area contributed by atoms with Crippen molar-refractivity contribution in [2.24, 2.45) is 0 Å². The summed E-state index contributed by atoms with van der Waals surface area (Å²) in [5.74, 6) is -0.306. The number of benzene rings is 3. The van der Waals surface area contributed by atoms with Crippen molar-refractivity contribution < 1.29 is 9.53 Å². The Morgan fingerprint density at radius 1 is 0.933 bits per heavy atom. The molecule has 3 aromatic rings. The Balaban J connectivity index is 1.47. The van der Waals surface area contributed by atoms with Crippen molar-refractivity contribution in [1.29, 1.82) is 0 Å². The summed E-state index contributed by atoms with van der Waals surface area (Å²) >= 11 is 0. The quantitative estimate of drug-likeness (QED) is 0.585. The fourth-order valence-electron chi connectivity index (χ4n) is 4.18. The van der Waals surface area contributed by atoms with Crippen LogP contribution in [0.1, 0.15) is 27.5 Å². The standard InChI is InChI=1S/C26H28N2O2/c1-27-16-17-28(19-25(27)22-8-4-3-5-9-22)18-20-12-14-21(15-13-20)23-10-6-7-11-24(23)26(29)30-2/h3-15,25H,16-19H2,1-2H3. The number of hydrogen-bond donors (Lipinski definition) is 0.